The number of aliphatic carboxylic acids is 1. The van der Waals surface area contributed by atoms with Gasteiger partial charge in [0.25, 0.3) is 0 Å². The second kappa shape index (κ2) is 5.61. The molecule has 1 heterocycles. The van der Waals surface area contributed by atoms with E-state index in [0.29, 0.717) is 6.42 Å². The summed E-state index contributed by atoms with van der Waals surface area (Å²) in [4.78, 5) is 10.9. The lowest BCUT2D eigenvalue weighted by atomic mass is 10.2. The number of carboxylic acid groups (broad SMARTS) is 1. The van der Waals surface area contributed by atoms with Gasteiger partial charge in [-0.25, -0.2) is 12.8 Å². The molecule has 1 saturated heterocycles. The highest BCUT2D eigenvalue weighted by Gasteiger charge is 2.40. The van der Waals surface area contributed by atoms with Crippen molar-refractivity contribution in [1.29, 1.82) is 0 Å². The van der Waals surface area contributed by atoms with Crippen LogP contribution in [-0.2, 0) is 14.8 Å². The molecule has 1 aliphatic heterocycles. The van der Waals surface area contributed by atoms with Gasteiger partial charge in [-0.2, -0.15) is 4.31 Å². The molecule has 0 aliphatic carbocycles. The second-order valence-corrected chi connectivity index (χ2v) is 6.68. The first-order valence-corrected chi connectivity index (χ1v) is 7.82. The Morgan fingerprint density at radius 1 is 1.48 bits per heavy atom. The van der Waals surface area contributed by atoms with Gasteiger partial charge in [-0.1, -0.05) is 0 Å². The highest BCUT2D eigenvalue weighted by molar-refractivity contribution is 7.89. The van der Waals surface area contributed by atoms with Crippen molar-refractivity contribution in [2.24, 2.45) is 0 Å². The Morgan fingerprint density at radius 2 is 2.14 bits per heavy atom. The smallest absolute Gasteiger partial charge is 0.322 e. The average molecular weight is 317 g/mol. The summed E-state index contributed by atoms with van der Waals surface area (Å²) >= 11 is 0. The molecule has 0 unspecified atom stereocenters. The van der Waals surface area contributed by atoms with Crippen molar-refractivity contribution < 1.29 is 27.4 Å². The highest BCUT2D eigenvalue weighted by atomic mass is 32.2. The molecule has 21 heavy (non-hydrogen) atoms. The SMILES string of the molecule is COc1ccc(S(=O)(=O)N2CCC[C@H]2C(=O)O)c(C)c1F. The lowest BCUT2D eigenvalue weighted by Gasteiger charge is -2.22. The lowest BCUT2D eigenvalue weighted by Crippen LogP contribution is -2.40. The summed E-state index contributed by atoms with van der Waals surface area (Å²) in [5, 5.41) is 9.10. The molecule has 0 saturated carbocycles. The summed E-state index contributed by atoms with van der Waals surface area (Å²) in [6.07, 6.45) is 0.722. The molecule has 1 aromatic carbocycles. The molecule has 6 nitrogen and oxygen atoms in total. The molecule has 0 aromatic heterocycles. The van der Waals surface area contributed by atoms with Crippen molar-refractivity contribution in [2.45, 2.75) is 30.7 Å². The fourth-order valence-electron chi connectivity index (χ4n) is 2.48. The predicted octanol–water partition coefficient (Wildman–Crippen LogP) is 1.38. The maximum Gasteiger partial charge on any atom is 0.322 e. The molecule has 2 rings (SSSR count). The Hall–Kier alpha value is -1.67. The van der Waals surface area contributed by atoms with Crippen LogP contribution in [-0.4, -0.2) is 43.5 Å². The number of hydrogen-bond donors (Lipinski definition) is 1. The van der Waals surface area contributed by atoms with E-state index in [4.69, 9.17) is 9.84 Å². The van der Waals surface area contributed by atoms with Gasteiger partial charge in [0.15, 0.2) is 11.6 Å². The Bertz CT molecular complexity index is 673. The van der Waals surface area contributed by atoms with Crippen molar-refractivity contribution in [3.8, 4) is 5.75 Å². The van der Waals surface area contributed by atoms with E-state index in [9.17, 15) is 17.6 Å². The largest absolute Gasteiger partial charge is 0.494 e. The van der Waals surface area contributed by atoms with E-state index in [0.717, 1.165) is 4.31 Å². The van der Waals surface area contributed by atoms with Gasteiger partial charge in [0, 0.05) is 12.1 Å². The monoisotopic (exact) mass is 317 g/mol. The van der Waals surface area contributed by atoms with Crippen LogP contribution in [0.1, 0.15) is 18.4 Å². The van der Waals surface area contributed by atoms with E-state index in [1.54, 1.807) is 0 Å². The minimum absolute atomic E-state index is 0.0531. The van der Waals surface area contributed by atoms with Crippen LogP contribution in [0, 0.1) is 12.7 Å². The zero-order valence-electron chi connectivity index (χ0n) is 11.7. The quantitative estimate of drug-likeness (QED) is 0.907. The number of ether oxygens (including phenoxy) is 1. The molecule has 1 aliphatic rings. The van der Waals surface area contributed by atoms with Crippen LogP contribution < -0.4 is 4.74 Å². The van der Waals surface area contributed by atoms with E-state index in [2.05, 4.69) is 0 Å². The standard InChI is InChI=1S/C13H16FNO5S/c1-8-11(6-5-10(20-2)12(8)14)21(18,19)15-7-3-4-9(15)13(16)17/h5-6,9H,3-4,7H2,1-2H3,(H,16,17)/t9-/m0/s1. The van der Waals surface area contributed by atoms with Crippen molar-refractivity contribution in [1.82, 2.24) is 4.31 Å². The summed E-state index contributed by atoms with van der Waals surface area (Å²) in [6, 6.07) is 1.37. The second-order valence-electron chi connectivity index (χ2n) is 4.82. The molecule has 1 N–H and O–H groups in total. The molecule has 0 bridgehead atoms. The first kappa shape index (κ1) is 15.7. The van der Waals surface area contributed by atoms with Gasteiger partial charge >= 0.3 is 5.97 Å². The fourth-order valence-corrected chi connectivity index (χ4v) is 4.35. The summed E-state index contributed by atoms with van der Waals surface area (Å²) in [7, 11) is -2.77. The number of sulfonamides is 1. The number of carboxylic acids is 1. The molecule has 1 fully saturated rings. The van der Waals surface area contributed by atoms with Crippen LogP contribution in [0.15, 0.2) is 17.0 Å². The fraction of sp³-hybridized carbons (Fsp3) is 0.462. The Labute approximate surface area is 122 Å². The molecular weight excluding hydrogens is 301 g/mol. The van der Waals surface area contributed by atoms with Crippen LogP contribution in [0.2, 0.25) is 0 Å². The summed E-state index contributed by atoms with van der Waals surface area (Å²) in [6.45, 7) is 1.45. The van der Waals surface area contributed by atoms with Gasteiger partial charge < -0.3 is 9.84 Å². The van der Waals surface area contributed by atoms with Crippen molar-refractivity contribution in [2.75, 3.05) is 13.7 Å². The number of halogens is 1. The normalized spacial score (nSPS) is 19.7. The Kier molecular flexibility index (Phi) is 4.20. The van der Waals surface area contributed by atoms with E-state index in [1.165, 1.54) is 26.2 Å². The third-order valence-corrected chi connectivity index (χ3v) is 5.65. The maximum absolute atomic E-state index is 14.0. The van der Waals surface area contributed by atoms with Gasteiger partial charge in [0.2, 0.25) is 10.0 Å². The minimum atomic E-state index is -4.05. The van der Waals surface area contributed by atoms with Crippen LogP contribution in [0.5, 0.6) is 5.75 Å². The van der Waals surface area contributed by atoms with Crippen molar-refractivity contribution in [3.05, 3.63) is 23.5 Å². The highest BCUT2D eigenvalue weighted by Crippen LogP contribution is 2.31. The van der Waals surface area contributed by atoms with Gasteiger partial charge in [0.1, 0.15) is 6.04 Å². The molecule has 1 aromatic rings. The van der Waals surface area contributed by atoms with Gasteiger partial charge in [0.05, 0.1) is 12.0 Å². The summed E-state index contributed by atoms with van der Waals surface area (Å²) in [5.41, 5.74) is -0.0783. The molecule has 0 amide bonds. The Balaban J connectivity index is 2.50. The van der Waals surface area contributed by atoms with E-state index in [-0.39, 0.29) is 29.2 Å². The first-order chi connectivity index (χ1) is 9.80. The average Bonchev–Trinajstić information content (AvgIpc) is 2.91. The first-order valence-electron chi connectivity index (χ1n) is 6.38. The van der Waals surface area contributed by atoms with Crippen molar-refractivity contribution >= 4 is 16.0 Å². The van der Waals surface area contributed by atoms with Crippen LogP contribution in [0.3, 0.4) is 0 Å². The molecule has 0 radical (unpaired) electrons. The van der Waals surface area contributed by atoms with Gasteiger partial charge in [-0.05, 0) is 31.9 Å². The van der Waals surface area contributed by atoms with Crippen LogP contribution >= 0.6 is 0 Å². The predicted molar refractivity (Wildman–Crippen MR) is 72.2 cm³/mol. The number of nitrogens with zero attached hydrogens (tertiary/aromatic N) is 1. The number of hydrogen-bond acceptors (Lipinski definition) is 4. The zero-order valence-corrected chi connectivity index (χ0v) is 12.5. The third-order valence-electron chi connectivity index (χ3n) is 3.60. The minimum Gasteiger partial charge on any atom is -0.494 e. The maximum atomic E-state index is 14.0. The number of carbonyl (C=O) groups is 1. The Morgan fingerprint density at radius 3 is 2.71 bits per heavy atom. The topological polar surface area (TPSA) is 83.9 Å². The van der Waals surface area contributed by atoms with E-state index < -0.39 is 27.9 Å². The molecule has 0 spiro atoms. The number of benzene rings is 1. The number of methoxy groups -OCH3 is 1. The van der Waals surface area contributed by atoms with Crippen molar-refractivity contribution in [3.63, 3.8) is 0 Å². The van der Waals surface area contributed by atoms with E-state index in [1.807, 2.05) is 0 Å². The summed E-state index contributed by atoms with van der Waals surface area (Å²) < 4.78 is 44.9. The molecule has 8 heteroatoms. The zero-order chi connectivity index (χ0) is 15.8. The van der Waals surface area contributed by atoms with Crippen LogP contribution in [0.4, 0.5) is 4.39 Å². The molecule has 116 valence electrons. The van der Waals surface area contributed by atoms with Gasteiger partial charge in [-0.3, -0.25) is 4.79 Å². The molecule has 1 atom stereocenters. The third kappa shape index (κ3) is 2.60. The number of rotatable bonds is 4. The van der Waals surface area contributed by atoms with E-state index >= 15 is 0 Å². The summed E-state index contributed by atoms with van der Waals surface area (Å²) in [5.74, 6) is -2.00. The molecular formula is C13H16FNO5S. The van der Waals surface area contributed by atoms with Crippen LogP contribution in [0.25, 0.3) is 0 Å². The lowest BCUT2D eigenvalue weighted by molar-refractivity contribution is -0.140. The van der Waals surface area contributed by atoms with Gasteiger partial charge in [-0.15, -0.1) is 0 Å².